The van der Waals surface area contributed by atoms with Gasteiger partial charge in [-0.3, -0.25) is 86.3 Å². The summed E-state index contributed by atoms with van der Waals surface area (Å²) in [5, 5.41) is 80.6. The number of nitrogens with two attached hydrogens (primary N) is 2. The summed E-state index contributed by atoms with van der Waals surface area (Å²) in [5.41, 5.74) is 15.6. The molecule has 15 atom stereocenters. The number of carbonyl (C=O) groups excluding carboxylic acids is 18. The van der Waals surface area contributed by atoms with Crippen LogP contribution in [-0.2, 0) is 142 Å². The van der Waals surface area contributed by atoms with Crippen LogP contribution in [0, 0.1) is 0 Å². The Hall–Kier alpha value is -17.7. The standard InChI is InChI=1S/C101H114N22O23/c1-54-100(144)123-36-16-27-81(123)98(142)120-79(47-84(129)107-51-85(130)111-77(45-82(102)127)95(139)116-75(43-62-49-106-69-26-15-13-24-67(62)69)94(138)118-76(44-63-50-104-53-109-63)88(132)108-52-86(131)122-87(55(2)124)99(143)110-54)97(141)117-74(42-61-48-105-68-25-14-12-23-66(61)68)93(137)114-70(37-56-17-6-3-7-18-56)89(133)112-71(38-57-19-8-4-9-20-57)91(135)119-78(46-83(103)128)96(140)115-72(39-59-28-32-64(125)33-29-59)90(134)113-73(40-60-30-34-65(126)35-31-60)92(136)121-80(101(145)146)41-58-21-10-5-11-22-58/h3-15,17-26,28-35,48-50,53-55,70-81,87,105-106,124-126H,16,27,36-47,51-52H2,1-2H3,(H2,102,127)(H2,103,128)(H,104,109)(H,107,129)(H,108,132)(H,110,143)(H,111,130)(H,112,133)(H,113,134)(H,114,137)(H,115,140)(H,116,139)(H,117,141)(H,118,138)(H,119,135)(H,120,142)(H,121,136)(H,122,131)(H,145,146)/t54-,55?,70-,71-,72-,73-,74-,75-,76-,77-,78-,79-,80-,81-,87-/m0/s1. The van der Waals surface area contributed by atoms with Gasteiger partial charge in [0.15, 0.2) is 0 Å². The van der Waals surface area contributed by atoms with Crippen molar-refractivity contribution in [2.24, 2.45) is 11.5 Å². The van der Waals surface area contributed by atoms with Crippen LogP contribution in [-0.4, -0.2) is 268 Å². The van der Waals surface area contributed by atoms with Gasteiger partial charge in [-0.2, -0.15) is 0 Å². The number of aliphatic hydroxyl groups excluding tert-OH is 1. The van der Waals surface area contributed by atoms with Crippen LogP contribution in [0.2, 0.25) is 0 Å². The van der Waals surface area contributed by atoms with Crippen LogP contribution in [0.3, 0.4) is 0 Å². The van der Waals surface area contributed by atoms with Crippen molar-refractivity contribution in [2.45, 2.75) is 188 Å². The van der Waals surface area contributed by atoms with Crippen molar-refractivity contribution < 1.29 is 112 Å². The minimum atomic E-state index is -2.11. The number of aromatic amines is 3. The number of hydrogen-bond acceptors (Lipinski definition) is 23. The molecule has 5 heterocycles. The number of H-pyrrole nitrogens is 3. The molecule has 45 nitrogen and oxygen atoms in total. The number of aromatic nitrogens is 4. The number of fused-ring (bicyclic) bond motifs is 3. The summed E-state index contributed by atoms with van der Waals surface area (Å²) in [6, 6.07) is 24.6. The summed E-state index contributed by atoms with van der Waals surface area (Å²) in [4.78, 5) is 290. The summed E-state index contributed by atoms with van der Waals surface area (Å²) >= 11 is 0. The Morgan fingerprint density at radius 3 is 1.35 bits per heavy atom. The molecule has 7 aromatic carbocycles. The fourth-order valence-corrected chi connectivity index (χ4v) is 16.9. The first kappa shape index (κ1) is 107. The largest absolute Gasteiger partial charge is 0.508 e. The predicted molar refractivity (Wildman–Crippen MR) is 523 cm³/mol. The van der Waals surface area contributed by atoms with Gasteiger partial charge in [0.05, 0.1) is 50.5 Å². The Kier molecular flexibility index (Phi) is 37.5. The highest BCUT2D eigenvalue weighted by Gasteiger charge is 2.43. The molecular weight excluding hydrogens is 1890 g/mol. The van der Waals surface area contributed by atoms with E-state index in [4.69, 9.17) is 11.5 Å². The SMILES string of the molecule is CC(O)[C@@H]1NC(=O)CNC(=O)[C@H](Cc2c[nH]cn2)NC(=O)[C@H](Cc2c[nH]c3ccccc23)NC(=O)[C@H](CC(N)=O)NC(=O)CNC(=O)C[C@@H](C(=O)N[C@@H](Cc2c[nH]c3ccccc23)C(=O)N[C@@H](Cc2ccccc2)C(=O)N[C@@H](Cc2ccccc2)C(=O)N[C@@H](CC(N)=O)C(=O)N[C@@H](Cc2ccc(O)cc2)C(=O)N[C@@H](Cc2ccc(O)cc2)C(=O)N[C@@H](Cc2ccccc2)C(=O)O)NC(=O)[C@@H]2CCCN2C(=O)[C@H](C)NC1=O. The smallest absolute Gasteiger partial charge is 0.326 e. The van der Waals surface area contributed by atoms with Crippen LogP contribution >= 0.6 is 0 Å². The molecule has 0 spiro atoms. The van der Waals surface area contributed by atoms with Gasteiger partial charge in [0.2, 0.25) is 106 Å². The fraction of sp³-hybridized carbons (Fsp3) is 0.327. The van der Waals surface area contributed by atoms with Gasteiger partial charge in [0.25, 0.3) is 0 Å². The summed E-state index contributed by atoms with van der Waals surface area (Å²) in [7, 11) is 0. The molecule has 26 N–H and O–H groups in total. The number of phenolic OH excluding ortho intramolecular Hbond substituents is 2. The van der Waals surface area contributed by atoms with Gasteiger partial charge < -0.3 is 131 Å². The van der Waals surface area contributed by atoms with E-state index in [9.17, 15) is 78.0 Å². The Labute approximate surface area is 834 Å². The zero-order chi connectivity index (χ0) is 105. The third-order valence-electron chi connectivity index (χ3n) is 24.4. The maximum absolute atomic E-state index is 15.9. The lowest BCUT2D eigenvalue weighted by Crippen LogP contribution is -2.62. The van der Waals surface area contributed by atoms with Crippen LogP contribution in [0.1, 0.15) is 90.6 Å². The second-order valence-electron chi connectivity index (χ2n) is 35.5. The Balaban J connectivity index is 0.835. The lowest BCUT2D eigenvalue weighted by molar-refractivity contribution is -0.143. The maximum atomic E-state index is 15.9. The van der Waals surface area contributed by atoms with Crippen molar-refractivity contribution in [3.63, 3.8) is 0 Å². The third-order valence-corrected chi connectivity index (χ3v) is 24.4. The molecule has 12 rings (SSSR count). The molecule has 1 unspecified atom stereocenters. The average molecular weight is 2000 g/mol. The summed E-state index contributed by atoms with van der Waals surface area (Å²) in [6.45, 7) is 0.273. The number of carboxylic acids is 1. The van der Waals surface area contributed by atoms with Crippen molar-refractivity contribution in [1.82, 2.24) is 105 Å². The molecule has 0 radical (unpaired) electrons. The van der Waals surface area contributed by atoms with E-state index in [2.05, 4.69) is 99.7 Å². The van der Waals surface area contributed by atoms with E-state index in [0.717, 1.165) is 11.8 Å². The maximum Gasteiger partial charge on any atom is 0.326 e. The van der Waals surface area contributed by atoms with Crippen LogP contribution in [0.5, 0.6) is 11.5 Å². The van der Waals surface area contributed by atoms with Gasteiger partial charge in [0, 0.05) is 98.3 Å². The highest BCUT2D eigenvalue weighted by Crippen LogP contribution is 2.25. The molecule has 2 fully saturated rings. The summed E-state index contributed by atoms with van der Waals surface area (Å²) < 4.78 is 0. The van der Waals surface area contributed by atoms with Crippen LogP contribution < -0.4 is 91.2 Å². The van der Waals surface area contributed by atoms with Crippen LogP contribution in [0.25, 0.3) is 21.8 Å². The number of amides is 18. The second-order valence-corrected chi connectivity index (χ2v) is 35.5. The lowest BCUT2D eigenvalue weighted by atomic mass is 10.00. The quantitative estimate of drug-likeness (QED) is 0.0188. The number of nitrogens with zero attached hydrogens (tertiary/aromatic N) is 2. The highest BCUT2D eigenvalue weighted by molar-refractivity contribution is 6.04. The first-order chi connectivity index (χ1) is 69.9. The molecule has 146 heavy (non-hydrogen) atoms. The topological polar surface area (TPSA) is 701 Å². The highest BCUT2D eigenvalue weighted by atomic mass is 16.4. The van der Waals surface area contributed by atoms with Gasteiger partial charge in [-0.15, -0.1) is 0 Å². The number of benzene rings is 7. The zero-order valence-electron chi connectivity index (χ0n) is 79.3. The zero-order valence-corrected chi connectivity index (χ0v) is 79.3. The number of carbonyl (C=O) groups is 19. The van der Waals surface area contributed by atoms with E-state index in [-0.39, 0.29) is 75.1 Å². The fourth-order valence-electron chi connectivity index (χ4n) is 16.9. The molecule has 0 aliphatic carbocycles. The van der Waals surface area contributed by atoms with Crippen molar-refractivity contribution in [3.8, 4) is 11.5 Å². The van der Waals surface area contributed by atoms with Gasteiger partial charge in [-0.05, 0) is 102 Å². The van der Waals surface area contributed by atoms with E-state index < -0.39 is 248 Å². The van der Waals surface area contributed by atoms with Crippen LogP contribution in [0.4, 0.5) is 0 Å². The van der Waals surface area contributed by atoms with Crippen molar-refractivity contribution in [3.05, 3.63) is 258 Å². The minimum Gasteiger partial charge on any atom is -0.508 e. The van der Waals surface area contributed by atoms with Crippen LogP contribution in [0.15, 0.2) is 213 Å². The second kappa shape index (κ2) is 51.1. The number of aromatic hydroxyl groups is 2. The normalized spacial score (nSPS) is 19.2. The molecule has 2 saturated heterocycles. The van der Waals surface area contributed by atoms with Crippen molar-refractivity contribution >= 4 is 134 Å². The molecule has 766 valence electrons. The Morgan fingerprint density at radius 2 is 0.863 bits per heavy atom. The third kappa shape index (κ3) is 30.9. The number of aliphatic hydroxyl groups is 1. The number of aliphatic carboxylic acids is 1. The number of rotatable bonds is 36. The van der Waals surface area contributed by atoms with E-state index in [1.807, 2.05) is 0 Å². The van der Waals surface area contributed by atoms with Crippen molar-refractivity contribution in [1.29, 1.82) is 0 Å². The van der Waals surface area contributed by atoms with E-state index in [1.165, 1.54) is 74.2 Å². The van der Waals surface area contributed by atoms with Gasteiger partial charge in [-0.25, -0.2) is 9.78 Å². The minimum absolute atomic E-state index is 0.114. The molecule has 18 amide bonds. The summed E-state index contributed by atoms with van der Waals surface area (Å²) in [5.74, 6) is -21.9. The number of imidazole rings is 1. The lowest BCUT2D eigenvalue weighted by Gasteiger charge is -2.30. The van der Waals surface area contributed by atoms with E-state index >= 15 is 33.6 Å². The summed E-state index contributed by atoms with van der Waals surface area (Å²) in [6.07, 6.45) is -1.75. The predicted octanol–water partition coefficient (Wildman–Crippen LogP) is -2.81. The molecule has 0 saturated carbocycles. The first-order valence-corrected chi connectivity index (χ1v) is 46.9. The number of hydrogen-bond donors (Lipinski definition) is 24. The molecule has 3 aromatic heterocycles. The molecule has 0 bridgehead atoms. The number of phenols is 2. The Bertz CT molecular complexity index is 6390. The molecule has 2 aliphatic rings. The number of carboxylic acid groups (broad SMARTS) is 1. The molecule has 2 aliphatic heterocycles. The van der Waals surface area contributed by atoms with Gasteiger partial charge in [0.1, 0.15) is 96.1 Å². The Morgan fingerprint density at radius 1 is 0.432 bits per heavy atom. The molecule has 45 heteroatoms. The van der Waals surface area contributed by atoms with E-state index in [0.29, 0.717) is 60.8 Å². The molecular formula is C101H114N22O23. The van der Waals surface area contributed by atoms with Gasteiger partial charge >= 0.3 is 5.97 Å². The number of para-hydroxylation sites is 2. The van der Waals surface area contributed by atoms with E-state index in [1.54, 1.807) is 146 Å². The molecule has 10 aromatic rings. The van der Waals surface area contributed by atoms with Gasteiger partial charge in [-0.1, -0.05) is 152 Å². The first-order valence-electron chi connectivity index (χ1n) is 46.9. The monoisotopic (exact) mass is 2000 g/mol. The number of primary amides is 2. The van der Waals surface area contributed by atoms with Crippen molar-refractivity contribution in [2.75, 3.05) is 19.6 Å². The number of nitrogens with one attached hydrogen (secondary N) is 18. The average Bonchev–Trinajstić information content (AvgIpc) is 1.66.